The second kappa shape index (κ2) is 10.7. The number of benzene rings is 2. The van der Waals surface area contributed by atoms with Crippen LogP contribution in [0, 0.1) is 5.82 Å². The molecule has 1 aliphatic rings. The van der Waals surface area contributed by atoms with Crippen molar-refractivity contribution in [1.82, 2.24) is 10.2 Å². The van der Waals surface area contributed by atoms with Crippen LogP contribution in [0.5, 0.6) is 5.75 Å². The standard InChI is InChI=1S/C23H27FN2O4/c1-29-16-22(27)26-14-11-18(12-15-26)30-21-9-5-3-7-19(21)23(28)25-13-10-17-6-2-4-8-20(17)24/h2-9,18H,10-16H2,1H3,(H,25,28). The van der Waals surface area contributed by atoms with E-state index in [0.717, 1.165) is 0 Å². The molecule has 0 radical (unpaired) electrons. The number of hydrogen-bond acceptors (Lipinski definition) is 4. The van der Waals surface area contributed by atoms with Crippen LogP contribution < -0.4 is 10.1 Å². The van der Waals surface area contributed by atoms with Gasteiger partial charge in [-0.15, -0.1) is 0 Å². The van der Waals surface area contributed by atoms with E-state index in [1.807, 2.05) is 6.07 Å². The smallest absolute Gasteiger partial charge is 0.255 e. The van der Waals surface area contributed by atoms with Crippen molar-refractivity contribution >= 4 is 11.8 Å². The molecule has 3 rings (SSSR count). The summed E-state index contributed by atoms with van der Waals surface area (Å²) in [5.41, 5.74) is 1.01. The summed E-state index contributed by atoms with van der Waals surface area (Å²) in [6.07, 6.45) is 1.73. The van der Waals surface area contributed by atoms with E-state index in [0.29, 0.717) is 55.8 Å². The maximum absolute atomic E-state index is 13.7. The van der Waals surface area contributed by atoms with Gasteiger partial charge in [0.2, 0.25) is 5.91 Å². The van der Waals surface area contributed by atoms with Crippen LogP contribution in [0.25, 0.3) is 0 Å². The molecule has 30 heavy (non-hydrogen) atoms. The molecule has 6 nitrogen and oxygen atoms in total. The highest BCUT2D eigenvalue weighted by molar-refractivity contribution is 5.96. The normalized spacial score (nSPS) is 14.4. The van der Waals surface area contributed by atoms with E-state index in [9.17, 15) is 14.0 Å². The molecule has 0 aliphatic carbocycles. The predicted molar refractivity (Wildman–Crippen MR) is 111 cm³/mol. The lowest BCUT2D eigenvalue weighted by Crippen LogP contribution is -2.43. The summed E-state index contributed by atoms with van der Waals surface area (Å²) in [6, 6.07) is 13.6. The van der Waals surface area contributed by atoms with Gasteiger partial charge in [-0.2, -0.15) is 0 Å². The van der Waals surface area contributed by atoms with Gasteiger partial charge in [-0.3, -0.25) is 9.59 Å². The Hall–Kier alpha value is -2.93. The molecule has 1 fully saturated rings. The van der Waals surface area contributed by atoms with Gasteiger partial charge in [0.05, 0.1) is 5.56 Å². The van der Waals surface area contributed by atoms with E-state index in [1.165, 1.54) is 13.2 Å². The highest BCUT2D eigenvalue weighted by Crippen LogP contribution is 2.23. The first-order chi connectivity index (χ1) is 14.6. The van der Waals surface area contributed by atoms with Crippen molar-refractivity contribution in [2.45, 2.75) is 25.4 Å². The van der Waals surface area contributed by atoms with Gasteiger partial charge in [0.25, 0.3) is 5.91 Å². The van der Waals surface area contributed by atoms with Crippen LogP contribution in [0.1, 0.15) is 28.8 Å². The maximum Gasteiger partial charge on any atom is 0.255 e. The molecular weight excluding hydrogens is 387 g/mol. The first-order valence-corrected chi connectivity index (χ1v) is 10.1. The molecule has 0 spiro atoms. The number of nitrogens with zero attached hydrogens (tertiary/aromatic N) is 1. The van der Waals surface area contributed by atoms with Crippen molar-refractivity contribution in [2.75, 3.05) is 33.4 Å². The number of carbonyl (C=O) groups excluding carboxylic acids is 2. The summed E-state index contributed by atoms with van der Waals surface area (Å²) in [4.78, 5) is 26.3. The topological polar surface area (TPSA) is 67.9 Å². The van der Waals surface area contributed by atoms with Crippen LogP contribution in [-0.2, 0) is 16.0 Å². The molecule has 1 heterocycles. The third-order valence-electron chi connectivity index (χ3n) is 5.13. The monoisotopic (exact) mass is 414 g/mol. The number of ether oxygens (including phenoxy) is 2. The fraction of sp³-hybridized carbons (Fsp3) is 0.391. The SMILES string of the molecule is COCC(=O)N1CCC(Oc2ccccc2C(=O)NCCc2ccccc2F)CC1. The Balaban J connectivity index is 1.53. The van der Waals surface area contributed by atoms with E-state index >= 15 is 0 Å². The van der Waals surface area contributed by atoms with Gasteiger partial charge in [-0.1, -0.05) is 30.3 Å². The summed E-state index contributed by atoms with van der Waals surface area (Å²) >= 11 is 0. The molecule has 160 valence electrons. The molecule has 0 unspecified atom stereocenters. The van der Waals surface area contributed by atoms with Crippen LogP contribution >= 0.6 is 0 Å². The number of nitrogens with one attached hydrogen (secondary N) is 1. The van der Waals surface area contributed by atoms with Crippen LogP contribution in [0.15, 0.2) is 48.5 Å². The minimum absolute atomic E-state index is 0.0226. The number of amides is 2. The number of likely N-dealkylation sites (tertiary alicyclic amines) is 1. The number of halogens is 1. The van der Waals surface area contributed by atoms with Gasteiger partial charge >= 0.3 is 0 Å². The predicted octanol–water partition coefficient (Wildman–Crippen LogP) is 2.81. The molecule has 0 saturated carbocycles. The molecule has 2 aromatic carbocycles. The molecule has 2 amide bonds. The molecule has 2 aromatic rings. The number of piperidine rings is 1. The van der Waals surface area contributed by atoms with Gasteiger partial charge in [0.15, 0.2) is 0 Å². The average Bonchev–Trinajstić information content (AvgIpc) is 2.76. The molecule has 0 bridgehead atoms. The highest BCUT2D eigenvalue weighted by atomic mass is 19.1. The Labute approximate surface area is 176 Å². The van der Waals surface area contributed by atoms with Gasteiger partial charge < -0.3 is 19.7 Å². The lowest BCUT2D eigenvalue weighted by Gasteiger charge is -2.32. The van der Waals surface area contributed by atoms with Crippen LogP contribution in [-0.4, -0.2) is 56.2 Å². The van der Waals surface area contributed by atoms with Crippen molar-refractivity contribution in [1.29, 1.82) is 0 Å². The molecule has 1 N–H and O–H groups in total. The summed E-state index contributed by atoms with van der Waals surface area (Å²) in [6.45, 7) is 1.61. The number of carbonyl (C=O) groups is 2. The third kappa shape index (κ3) is 5.79. The Morgan fingerprint density at radius 1 is 1.10 bits per heavy atom. The molecule has 1 saturated heterocycles. The number of rotatable bonds is 8. The van der Waals surface area contributed by atoms with Crippen molar-refractivity contribution in [2.24, 2.45) is 0 Å². The molecule has 0 atom stereocenters. The maximum atomic E-state index is 13.7. The number of para-hydroxylation sites is 1. The zero-order valence-electron chi connectivity index (χ0n) is 17.1. The number of methoxy groups -OCH3 is 1. The van der Waals surface area contributed by atoms with Crippen LogP contribution in [0.4, 0.5) is 4.39 Å². The summed E-state index contributed by atoms with van der Waals surface area (Å²) in [7, 11) is 1.51. The van der Waals surface area contributed by atoms with Gasteiger partial charge in [-0.25, -0.2) is 4.39 Å². The van der Waals surface area contributed by atoms with Crippen LogP contribution in [0.3, 0.4) is 0 Å². The van der Waals surface area contributed by atoms with E-state index in [-0.39, 0.29) is 30.3 Å². The van der Waals surface area contributed by atoms with E-state index in [2.05, 4.69) is 5.32 Å². The van der Waals surface area contributed by atoms with Crippen molar-refractivity contribution in [3.8, 4) is 5.75 Å². The molecule has 1 aliphatic heterocycles. The first kappa shape index (κ1) is 21.8. The summed E-state index contributed by atoms with van der Waals surface area (Å²) in [5, 5.41) is 2.84. The lowest BCUT2D eigenvalue weighted by molar-refractivity contribution is -0.136. The minimum Gasteiger partial charge on any atom is -0.489 e. The van der Waals surface area contributed by atoms with Crippen molar-refractivity contribution in [3.05, 3.63) is 65.5 Å². The Kier molecular flexibility index (Phi) is 7.79. The van der Waals surface area contributed by atoms with Crippen LogP contribution in [0.2, 0.25) is 0 Å². The number of hydrogen-bond donors (Lipinski definition) is 1. The second-order valence-electron chi connectivity index (χ2n) is 7.22. The Bertz CT molecular complexity index is 866. The zero-order valence-corrected chi connectivity index (χ0v) is 17.1. The summed E-state index contributed by atoms with van der Waals surface area (Å²) < 4.78 is 24.7. The van der Waals surface area contributed by atoms with E-state index < -0.39 is 0 Å². The zero-order chi connectivity index (χ0) is 21.3. The lowest BCUT2D eigenvalue weighted by atomic mass is 10.1. The fourth-order valence-corrected chi connectivity index (χ4v) is 3.48. The van der Waals surface area contributed by atoms with Gasteiger partial charge in [0, 0.05) is 39.6 Å². The summed E-state index contributed by atoms with van der Waals surface area (Å²) in [5.74, 6) is -0.0337. The quantitative estimate of drug-likeness (QED) is 0.721. The Morgan fingerprint density at radius 3 is 2.53 bits per heavy atom. The highest BCUT2D eigenvalue weighted by Gasteiger charge is 2.25. The van der Waals surface area contributed by atoms with Crippen molar-refractivity contribution < 1.29 is 23.5 Å². The first-order valence-electron chi connectivity index (χ1n) is 10.1. The van der Waals surface area contributed by atoms with Crippen molar-refractivity contribution in [3.63, 3.8) is 0 Å². The van der Waals surface area contributed by atoms with Gasteiger partial charge in [-0.05, 0) is 30.2 Å². The molecule has 0 aromatic heterocycles. The molecular formula is C23H27FN2O4. The minimum atomic E-state index is -0.272. The van der Waals surface area contributed by atoms with Gasteiger partial charge in [0.1, 0.15) is 24.3 Å². The average molecular weight is 414 g/mol. The Morgan fingerprint density at radius 2 is 1.80 bits per heavy atom. The fourth-order valence-electron chi connectivity index (χ4n) is 3.48. The largest absolute Gasteiger partial charge is 0.489 e. The third-order valence-corrected chi connectivity index (χ3v) is 5.13. The second-order valence-corrected chi connectivity index (χ2v) is 7.22. The molecule has 7 heteroatoms. The van der Waals surface area contributed by atoms with E-state index in [1.54, 1.807) is 41.3 Å². The van der Waals surface area contributed by atoms with E-state index in [4.69, 9.17) is 9.47 Å².